The molecule has 0 aromatic heterocycles. The second-order valence-corrected chi connectivity index (χ2v) is 10.7. The molecule has 0 spiro atoms. The molecule has 1 unspecified atom stereocenters. The first-order valence-electron chi connectivity index (χ1n) is 14.8. The van der Waals surface area contributed by atoms with Crippen LogP contribution in [-0.4, -0.2) is 32.6 Å². The number of unbranched alkanes of at least 4 members (excludes halogenated alkanes) is 4. The van der Waals surface area contributed by atoms with E-state index in [1.165, 1.54) is 44.9 Å². The zero-order chi connectivity index (χ0) is 26.0. The zero-order valence-corrected chi connectivity index (χ0v) is 23.9. The third kappa shape index (κ3) is 21.8. The molecule has 0 aromatic rings. The van der Waals surface area contributed by atoms with Gasteiger partial charge in [0.05, 0.1) is 6.61 Å². The van der Waals surface area contributed by atoms with Gasteiger partial charge in [0.15, 0.2) is 6.29 Å². The second-order valence-electron chi connectivity index (χ2n) is 10.7. The maximum Gasteiger partial charge on any atom is 0.157 e. The highest BCUT2D eigenvalue weighted by Gasteiger charge is 2.21. The first-order valence-corrected chi connectivity index (χ1v) is 14.8. The highest BCUT2D eigenvalue weighted by atomic mass is 16.7. The molecule has 36 heavy (non-hydrogen) atoms. The molecule has 1 aliphatic rings. The van der Waals surface area contributed by atoms with E-state index < -0.39 is 0 Å². The van der Waals surface area contributed by atoms with E-state index in [1.54, 1.807) is 0 Å². The fourth-order valence-corrected chi connectivity index (χ4v) is 3.96. The minimum Gasteiger partial charge on any atom is -0.353 e. The van der Waals surface area contributed by atoms with Gasteiger partial charge in [-0.05, 0) is 95.6 Å². The highest BCUT2D eigenvalue weighted by Crippen LogP contribution is 2.23. The van der Waals surface area contributed by atoms with E-state index in [4.69, 9.17) is 9.47 Å². The van der Waals surface area contributed by atoms with Crippen molar-refractivity contribution in [3.8, 4) is 0 Å². The number of hydrogen-bond donors (Lipinski definition) is 1. The van der Waals surface area contributed by atoms with Crippen LogP contribution in [0.25, 0.3) is 0 Å². The standard InChI is InChI=1S/C33H57NO2/c1-4-5-6-7-8-9-10-11-12-13-14-15-16-17-18-19-20-21-22-24-28-34-29-27-33(2,3)31-36-32-26-23-25-30-35-32/h8-9,11-12,14-15,17-18,20-21,32,34H,4-7,10,13,16,19,22-31H2,1-3H3/b9-8-,12-11-,15-14-,18-17-,21-20-. The minimum absolute atomic E-state index is 0.0221. The number of ether oxygens (including phenoxy) is 2. The molecular weight excluding hydrogens is 442 g/mol. The van der Waals surface area contributed by atoms with Crippen LogP contribution in [0.15, 0.2) is 60.8 Å². The van der Waals surface area contributed by atoms with Crippen LogP contribution >= 0.6 is 0 Å². The molecule has 1 aliphatic heterocycles. The lowest BCUT2D eigenvalue weighted by atomic mass is 9.90. The lowest BCUT2D eigenvalue weighted by Gasteiger charge is -2.29. The molecule has 1 N–H and O–H groups in total. The molecule has 0 aromatic carbocycles. The number of hydrogen-bond acceptors (Lipinski definition) is 3. The van der Waals surface area contributed by atoms with Gasteiger partial charge in [-0.25, -0.2) is 0 Å². The maximum absolute atomic E-state index is 5.98. The smallest absolute Gasteiger partial charge is 0.157 e. The van der Waals surface area contributed by atoms with Crippen molar-refractivity contribution in [2.75, 3.05) is 26.3 Å². The van der Waals surface area contributed by atoms with E-state index in [0.717, 1.165) is 71.2 Å². The van der Waals surface area contributed by atoms with E-state index in [2.05, 4.69) is 86.8 Å². The second kappa shape index (κ2) is 23.9. The molecule has 0 bridgehead atoms. The molecule has 3 heteroatoms. The quantitative estimate of drug-likeness (QED) is 0.119. The van der Waals surface area contributed by atoms with Gasteiger partial charge < -0.3 is 14.8 Å². The fraction of sp³-hybridized carbons (Fsp3) is 0.697. The van der Waals surface area contributed by atoms with Gasteiger partial charge in [-0.1, -0.05) is 94.4 Å². The summed E-state index contributed by atoms with van der Waals surface area (Å²) in [4.78, 5) is 0. The molecule has 1 saturated heterocycles. The summed E-state index contributed by atoms with van der Waals surface area (Å²) in [6, 6.07) is 0. The molecule has 1 rings (SSSR count). The summed E-state index contributed by atoms with van der Waals surface area (Å²) in [5.74, 6) is 0. The zero-order valence-electron chi connectivity index (χ0n) is 23.9. The molecule has 0 saturated carbocycles. The Labute approximate surface area is 224 Å². The first-order chi connectivity index (χ1) is 17.6. The summed E-state index contributed by atoms with van der Waals surface area (Å²) in [7, 11) is 0. The molecule has 1 fully saturated rings. The largest absolute Gasteiger partial charge is 0.353 e. The number of allylic oxidation sites excluding steroid dienone is 10. The van der Waals surface area contributed by atoms with Crippen molar-refractivity contribution in [3.05, 3.63) is 60.8 Å². The van der Waals surface area contributed by atoms with Crippen LogP contribution in [0.2, 0.25) is 0 Å². The number of nitrogens with one attached hydrogen (secondary N) is 1. The van der Waals surface area contributed by atoms with Gasteiger partial charge in [-0.2, -0.15) is 0 Å². The summed E-state index contributed by atoms with van der Waals surface area (Å²) in [6.07, 6.45) is 39.1. The molecule has 206 valence electrons. The van der Waals surface area contributed by atoms with Crippen LogP contribution in [0.3, 0.4) is 0 Å². The molecular formula is C33H57NO2. The molecule has 1 atom stereocenters. The summed E-state index contributed by atoms with van der Waals surface area (Å²) in [5.41, 5.74) is 0.191. The van der Waals surface area contributed by atoms with Crippen molar-refractivity contribution >= 4 is 0 Å². The predicted octanol–water partition coefficient (Wildman–Crippen LogP) is 9.24. The van der Waals surface area contributed by atoms with Crippen molar-refractivity contribution in [1.82, 2.24) is 5.32 Å². The SMILES string of the molecule is CCCCC/C=C\C/C=C\C/C=C\C/C=C\C/C=C\CCCNCCC(C)(C)COC1CCCCO1. The van der Waals surface area contributed by atoms with Crippen molar-refractivity contribution in [2.45, 2.75) is 117 Å². The van der Waals surface area contributed by atoms with E-state index >= 15 is 0 Å². The predicted molar refractivity (Wildman–Crippen MR) is 158 cm³/mol. The Morgan fingerprint density at radius 2 is 1.33 bits per heavy atom. The third-order valence-electron chi connectivity index (χ3n) is 6.40. The van der Waals surface area contributed by atoms with Crippen molar-refractivity contribution in [1.29, 1.82) is 0 Å². The molecule has 3 nitrogen and oxygen atoms in total. The van der Waals surface area contributed by atoms with Gasteiger partial charge in [0.1, 0.15) is 0 Å². The molecule has 0 radical (unpaired) electrons. The van der Waals surface area contributed by atoms with Gasteiger partial charge in [-0.15, -0.1) is 0 Å². The van der Waals surface area contributed by atoms with Crippen LogP contribution in [0.4, 0.5) is 0 Å². The van der Waals surface area contributed by atoms with Crippen LogP contribution in [0, 0.1) is 5.41 Å². The third-order valence-corrected chi connectivity index (χ3v) is 6.40. The minimum atomic E-state index is 0.0221. The Bertz CT molecular complexity index is 624. The molecule has 0 amide bonds. The van der Waals surface area contributed by atoms with E-state index in [1.807, 2.05) is 0 Å². The van der Waals surface area contributed by atoms with Gasteiger partial charge in [-0.3, -0.25) is 0 Å². The molecule has 1 heterocycles. The Morgan fingerprint density at radius 3 is 1.89 bits per heavy atom. The normalized spacial score (nSPS) is 17.7. The number of rotatable bonds is 22. The summed E-state index contributed by atoms with van der Waals surface area (Å²) < 4.78 is 11.7. The first kappa shape index (κ1) is 32.6. The van der Waals surface area contributed by atoms with Crippen molar-refractivity contribution < 1.29 is 9.47 Å². The maximum atomic E-state index is 5.98. The highest BCUT2D eigenvalue weighted by molar-refractivity contribution is 5.00. The Balaban J connectivity index is 1.89. The lowest BCUT2D eigenvalue weighted by molar-refractivity contribution is -0.176. The van der Waals surface area contributed by atoms with Crippen molar-refractivity contribution in [2.24, 2.45) is 5.41 Å². The Kier molecular flexibility index (Phi) is 21.7. The summed E-state index contributed by atoms with van der Waals surface area (Å²) in [5, 5.41) is 3.59. The average Bonchev–Trinajstić information content (AvgIpc) is 2.88. The van der Waals surface area contributed by atoms with Crippen LogP contribution in [-0.2, 0) is 9.47 Å². The van der Waals surface area contributed by atoms with Crippen LogP contribution in [0.5, 0.6) is 0 Å². The van der Waals surface area contributed by atoms with Crippen LogP contribution in [0.1, 0.15) is 111 Å². The monoisotopic (exact) mass is 499 g/mol. The summed E-state index contributed by atoms with van der Waals surface area (Å²) >= 11 is 0. The summed E-state index contributed by atoms with van der Waals surface area (Å²) in [6.45, 7) is 10.6. The van der Waals surface area contributed by atoms with Crippen LogP contribution < -0.4 is 5.32 Å². The van der Waals surface area contributed by atoms with Crippen molar-refractivity contribution in [3.63, 3.8) is 0 Å². The van der Waals surface area contributed by atoms with E-state index in [-0.39, 0.29) is 11.7 Å². The Morgan fingerprint density at radius 1 is 0.750 bits per heavy atom. The van der Waals surface area contributed by atoms with Gasteiger partial charge in [0, 0.05) is 6.61 Å². The van der Waals surface area contributed by atoms with Gasteiger partial charge >= 0.3 is 0 Å². The molecule has 0 aliphatic carbocycles. The lowest BCUT2D eigenvalue weighted by Crippen LogP contribution is -2.31. The van der Waals surface area contributed by atoms with E-state index in [0.29, 0.717) is 0 Å². The van der Waals surface area contributed by atoms with E-state index in [9.17, 15) is 0 Å². The topological polar surface area (TPSA) is 30.5 Å². The fourth-order valence-electron chi connectivity index (χ4n) is 3.96. The van der Waals surface area contributed by atoms with Gasteiger partial charge in [0.2, 0.25) is 0 Å². The average molecular weight is 500 g/mol. The van der Waals surface area contributed by atoms with Gasteiger partial charge in [0.25, 0.3) is 0 Å². The Hall–Kier alpha value is -1.42.